The lowest BCUT2D eigenvalue weighted by molar-refractivity contribution is 0.571. The molecule has 1 atom stereocenters. The van der Waals surface area contributed by atoms with Crippen molar-refractivity contribution in [3.8, 4) is 0 Å². The molecule has 3 heteroatoms. The van der Waals surface area contributed by atoms with E-state index in [1.165, 1.54) is 6.07 Å². The number of nitrogens with zero attached hydrogens (tertiary/aromatic N) is 1. The maximum Gasteiger partial charge on any atom is 0.146 e. The maximum absolute atomic E-state index is 13.9. The van der Waals surface area contributed by atoms with Crippen LogP contribution < -0.4 is 10.6 Å². The molecule has 2 N–H and O–H groups in total. The van der Waals surface area contributed by atoms with E-state index in [0.29, 0.717) is 11.6 Å². The van der Waals surface area contributed by atoms with Gasteiger partial charge in [0.25, 0.3) is 0 Å². The molecule has 0 aromatic heterocycles. The van der Waals surface area contributed by atoms with E-state index in [2.05, 4.69) is 13.8 Å². The Morgan fingerprint density at radius 2 is 1.94 bits per heavy atom. The Bertz CT molecular complexity index is 361. The van der Waals surface area contributed by atoms with Gasteiger partial charge in [-0.05, 0) is 30.9 Å². The van der Waals surface area contributed by atoms with Crippen molar-refractivity contribution >= 4 is 5.69 Å². The second-order valence-corrected chi connectivity index (χ2v) is 5.07. The minimum Gasteiger partial charge on any atom is -0.372 e. The Labute approximate surface area is 104 Å². The molecule has 0 saturated carbocycles. The van der Waals surface area contributed by atoms with Gasteiger partial charge in [0.15, 0.2) is 0 Å². The van der Waals surface area contributed by atoms with E-state index in [0.717, 1.165) is 18.5 Å². The van der Waals surface area contributed by atoms with Crippen LogP contribution in [0.1, 0.15) is 38.8 Å². The summed E-state index contributed by atoms with van der Waals surface area (Å²) in [5.74, 6) is 0.425. The first kappa shape index (κ1) is 14.0. The molecule has 0 aliphatic heterocycles. The zero-order valence-electron chi connectivity index (χ0n) is 11.2. The summed E-state index contributed by atoms with van der Waals surface area (Å²) in [6, 6.07) is 4.96. The van der Waals surface area contributed by atoms with Gasteiger partial charge in [0.05, 0.1) is 5.69 Å². The summed E-state index contributed by atoms with van der Waals surface area (Å²) < 4.78 is 13.9. The smallest absolute Gasteiger partial charge is 0.146 e. The molecule has 0 unspecified atom stereocenters. The molecular formula is C14H23FN2. The Kier molecular flexibility index (Phi) is 4.94. The Hall–Kier alpha value is -1.09. The summed E-state index contributed by atoms with van der Waals surface area (Å²) in [6.45, 7) is 7.07. The van der Waals surface area contributed by atoms with Crippen LogP contribution in [0.4, 0.5) is 10.1 Å². The van der Waals surface area contributed by atoms with Crippen molar-refractivity contribution in [2.75, 3.05) is 18.5 Å². The molecule has 0 aliphatic carbocycles. The number of benzene rings is 1. The first-order chi connectivity index (χ1) is 7.93. The predicted molar refractivity (Wildman–Crippen MR) is 71.7 cm³/mol. The van der Waals surface area contributed by atoms with Gasteiger partial charge in [0.1, 0.15) is 5.82 Å². The van der Waals surface area contributed by atoms with Gasteiger partial charge in [-0.15, -0.1) is 0 Å². The van der Waals surface area contributed by atoms with Crippen molar-refractivity contribution in [3.63, 3.8) is 0 Å². The van der Waals surface area contributed by atoms with E-state index in [1.807, 2.05) is 24.9 Å². The highest BCUT2D eigenvalue weighted by Crippen LogP contribution is 2.27. The van der Waals surface area contributed by atoms with Crippen LogP contribution >= 0.6 is 0 Å². The molecule has 0 fully saturated rings. The summed E-state index contributed by atoms with van der Waals surface area (Å²) in [7, 11) is 1.92. The number of hydrogen-bond donors (Lipinski definition) is 1. The van der Waals surface area contributed by atoms with Gasteiger partial charge >= 0.3 is 0 Å². The van der Waals surface area contributed by atoms with Crippen molar-refractivity contribution in [1.82, 2.24) is 0 Å². The van der Waals surface area contributed by atoms with Crippen LogP contribution in [-0.2, 0) is 0 Å². The molecule has 0 saturated heterocycles. The number of rotatable bonds is 5. The zero-order chi connectivity index (χ0) is 13.0. The minimum atomic E-state index is -0.189. The van der Waals surface area contributed by atoms with Gasteiger partial charge in [-0.1, -0.05) is 26.0 Å². The third kappa shape index (κ3) is 3.70. The molecule has 1 aromatic carbocycles. The van der Waals surface area contributed by atoms with Crippen molar-refractivity contribution < 1.29 is 4.39 Å². The van der Waals surface area contributed by atoms with E-state index in [-0.39, 0.29) is 11.9 Å². The van der Waals surface area contributed by atoms with Gasteiger partial charge in [-0.3, -0.25) is 0 Å². The summed E-state index contributed by atoms with van der Waals surface area (Å²) in [6.07, 6.45) is 1.04. The lowest BCUT2D eigenvalue weighted by Crippen LogP contribution is -2.24. The molecule has 96 valence electrons. The van der Waals surface area contributed by atoms with Crippen LogP contribution in [0, 0.1) is 11.7 Å². The summed E-state index contributed by atoms with van der Waals surface area (Å²) in [5.41, 5.74) is 7.40. The molecule has 0 spiro atoms. The maximum atomic E-state index is 13.9. The SMILES string of the molecule is CC(C)CCN(C)c1c(F)cccc1[C@@H](C)N. The molecular weight excluding hydrogens is 215 g/mol. The average Bonchev–Trinajstić information content (AvgIpc) is 2.25. The fraction of sp³-hybridized carbons (Fsp3) is 0.571. The van der Waals surface area contributed by atoms with Gasteiger partial charge < -0.3 is 10.6 Å². The monoisotopic (exact) mass is 238 g/mol. The van der Waals surface area contributed by atoms with Crippen LogP contribution in [0.5, 0.6) is 0 Å². The fourth-order valence-corrected chi connectivity index (χ4v) is 1.87. The normalized spacial score (nSPS) is 12.9. The molecule has 17 heavy (non-hydrogen) atoms. The quantitative estimate of drug-likeness (QED) is 0.852. The fourth-order valence-electron chi connectivity index (χ4n) is 1.87. The number of halogens is 1. The largest absolute Gasteiger partial charge is 0.372 e. The van der Waals surface area contributed by atoms with E-state index in [4.69, 9.17) is 5.73 Å². The van der Waals surface area contributed by atoms with Gasteiger partial charge in [0.2, 0.25) is 0 Å². The minimum absolute atomic E-state index is 0.151. The molecule has 0 amide bonds. The van der Waals surface area contributed by atoms with E-state index in [9.17, 15) is 4.39 Å². The average molecular weight is 238 g/mol. The Morgan fingerprint density at radius 1 is 1.29 bits per heavy atom. The van der Waals surface area contributed by atoms with Crippen LogP contribution in [-0.4, -0.2) is 13.6 Å². The number of anilines is 1. The predicted octanol–water partition coefficient (Wildman–Crippen LogP) is 3.33. The zero-order valence-corrected chi connectivity index (χ0v) is 11.2. The molecule has 0 aliphatic rings. The second kappa shape index (κ2) is 6.01. The highest BCUT2D eigenvalue weighted by Gasteiger charge is 2.15. The van der Waals surface area contributed by atoms with Crippen molar-refractivity contribution in [2.24, 2.45) is 11.7 Å². The Balaban J connectivity index is 2.94. The molecule has 0 bridgehead atoms. The standard InChI is InChI=1S/C14H23FN2/c1-10(2)8-9-17(4)14-12(11(3)16)6-5-7-13(14)15/h5-7,10-11H,8-9,16H2,1-4H3/t11-/m1/s1. The third-order valence-electron chi connectivity index (χ3n) is 2.93. The van der Waals surface area contributed by atoms with Crippen molar-refractivity contribution in [2.45, 2.75) is 33.2 Å². The first-order valence-electron chi connectivity index (χ1n) is 6.18. The van der Waals surface area contributed by atoms with Gasteiger partial charge in [0, 0.05) is 19.6 Å². The van der Waals surface area contributed by atoms with Crippen LogP contribution in [0.15, 0.2) is 18.2 Å². The highest BCUT2D eigenvalue weighted by atomic mass is 19.1. The van der Waals surface area contributed by atoms with E-state index in [1.54, 1.807) is 6.07 Å². The van der Waals surface area contributed by atoms with E-state index < -0.39 is 0 Å². The molecule has 0 heterocycles. The molecule has 1 rings (SSSR count). The van der Waals surface area contributed by atoms with Crippen LogP contribution in [0.25, 0.3) is 0 Å². The Morgan fingerprint density at radius 3 is 2.47 bits per heavy atom. The molecule has 0 radical (unpaired) electrons. The van der Waals surface area contributed by atoms with E-state index >= 15 is 0 Å². The van der Waals surface area contributed by atoms with Crippen LogP contribution in [0.3, 0.4) is 0 Å². The number of para-hydroxylation sites is 1. The lowest BCUT2D eigenvalue weighted by Gasteiger charge is -2.25. The summed E-state index contributed by atoms with van der Waals surface area (Å²) in [5, 5.41) is 0. The summed E-state index contributed by atoms with van der Waals surface area (Å²) >= 11 is 0. The number of hydrogen-bond acceptors (Lipinski definition) is 2. The second-order valence-electron chi connectivity index (χ2n) is 5.07. The molecule has 1 aromatic rings. The van der Waals surface area contributed by atoms with Gasteiger partial charge in [-0.25, -0.2) is 4.39 Å². The summed E-state index contributed by atoms with van der Waals surface area (Å²) in [4.78, 5) is 1.97. The lowest BCUT2D eigenvalue weighted by atomic mass is 10.0. The number of nitrogens with two attached hydrogens (primary N) is 1. The highest BCUT2D eigenvalue weighted by molar-refractivity contribution is 5.55. The van der Waals surface area contributed by atoms with Crippen molar-refractivity contribution in [1.29, 1.82) is 0 Å². The molecule has 2 nitrogen and oxygen atoms in total. The topological polar surface area (TPSA) is 29.3 Å². The van der Waals surface area contributed by atoms with Crippen LogP contribution in [0.2, 0.25) is 0 Å². The first-order valence-corrected chi connectivity index (χ1v) is 6.18. The third-order valence-corrected chi connectivity index (χ3v) is 2.93. The van der Waals surface area contributed by atoms with Gasteiger partial charge in [-0.2, -0.15) is 0 Å². The van der Waals surface area contributed by atoms with Crippen molar-refractivity contribution in [3.05, 3.63) is 29.6 Å².